The van der Waals surface area contributed by atoms with E-state index in [1.165, 1.54) is 24.1 Å². The van der Waals surface area contributed by atoms with Crippen molar-refractivity contribution in [3.8, 4) is 0 Å². The van der Waals surface area contributed by atoms with Crippen LogP contribution in [0.15, 0.2) is 22.5 Å². The van der Waals surface area contributed by atoms with Gasteiger partial charge in [-0.05, 0) is 31.7 Å². The molecule has 2 N–H and O–H groups in total. The van der Waals surface area contributed by atoms with Crippen molar-refractivity contribution in [1.29, 1.82) is 0 Å². The van der Waals surface area contributed by atoms with E-state index in [1.54, 1.807) is 11.3 Å². The van der Waals surface area contributed by atoms with E-state index in [9.17, 15) is 0 Å². The van der Waals surface area contributed by atoms with Crippen LogP contribution >= 0.6 is 11.3 Å². The Kier molecular flexibility index (Phi) is 7.91. The standard InChI is InChI=1S/C18H30N6S/c1-5-6-7-9-14(2)21-18(19-12-16-10-8-11-25-16)20-13-17-23-22-15(3)24(17)4/h8,10-11,14H,5-7,9,12-13H2,1-4H3,(H2,19,20,21). The topological polar surface area (TPSA) is 67.1 Å². The van der Waals surface area contributed by atoms with Gasteiger partial charge in [0.05, 0.1) is 6.54 Å². The van der Waals surface area contributed by atoms with E-state index in [-0.39, 0.29) is 0 Å². The normalized spacial score (nSPS) is 13.0. The maximum absolute atomic E-state index is 4.71. The Balaban J connectivity index is 1.96. The second kappa shape index (κ2) is 10.2. The summed E-state index contributed by atoms with van der Waals surface area (Å²) in [6.07, 6.45) is 4.91. The lowest BCUT2D eigenvalue weighted by molar-refractivity contribution is 0.545. The SMILES string of the molecule is CCCCCC(C)NC(=NCc1nnc(C)n1C)NCc1cccs1. The Morgan fingerprint density at radius 2 is 2.20 bits per heavy atom. The first kappa shape index (κ1) is 19.4. The van der Waals surface area contributed by atoms with Crippen LogP contribution in [0.5, 0.6) is 0 Å². The number of aryl methyl sites for hydroxylation is 1. The smallest absolute Gasteiger partial charge is 0.192 e. The minimum atomic E-state index is 0.391. The molecular formula is C18H30N6S. The monoisotopic (exact) mass is 362 g/mol. The first-order valence-electron chi connectivity index (χ1n) is 9.02. The van der Waals surface area contributed by atoms with Crippen molar-refractivity contribution in [3.05, 3.63) is 34.0 Å². The van der Waals surface area contributed by atoms with Crippen LogP contribution < -0.4 is 10.6 Å². The predicted molar refractivity (Wildman–Crippen MR) is 105 cm³/mol. The van der Waals surface area contributed by atoms with E-state index in [4.69, 9.17) is 4.99 Å². The molecule has 0 saturated heterocycles. The predicted octanol–water partition coefficient (Wildman–Crippen LogP) is 3.39. The van der Waals surface area contributed by atoms with Gasteiger partial charge in [-0.2, -0.15) is 0 Å². The molecule has 1 unspecified atom stereocenters. The van der Waals surface area contributed by atoms with E-state index in [1.807, 2.05) is 18.5 Å². The Labute approximate surface area is 154 Å². The van der Waals surface area contributed by atoms with Crippen LogP contribution in [0.25, 0.3) is 0 Å². The summed E-state index contributed by atoms with van der Waals surface area (Å²) in [4.78, 5) is 6.01. The van der Waals surface area contributed by atoms with E-state index in [2.05, 4.69) is 52.2 Å². The Morgan fingerprint density at radius 3 is 2.84 bits per heavy atom. The maximum Gasteiger partial charge on any atom is 0.192 e. The lowest BCUT2D eigenvalue weighted by Crippen LogP contribution is -2.42. The first-order valence-corrected chi connectivity index (χ1v) is 9.90. The number of hydrogen-bond acceptors (Lipinski definition) is 4. The van der Waals surface area contributed by atoms with Crippen molar-refractivity contribution in [3.63, 3.8) is 0 Å². The second-order valence-electron chi connectivity index (χ2n) is 6.36. The third-order valence-corrected chi connectivity index (χ3v) is 5.07. The van der Waals surface area contributed by atoms with Crippen molar-refractivity contribution < 1.29 is 0 Å². The Hall–Kier alpha value is -1.89. The molecule has 0 radical (unpaired) electrons. The van der Waals surface area contributed by atoms with Crippen LogP contribution in [0, 0.1) is 6.92 Å². The van der Waals surface area contributed by atoms with Gasteiger partial charge < -0.3 is 15.2 Å². The molecule has 138 valence electrons. The summed E-state index contributed by atoms with van der Waals surface area (Å²) in [5, 5.41) is 17.3. The molecule has 0 fully saturated rings. The lowest BCUT2D eigenvalue weighted by atomic mass is 10.1. The molecule has 0 aliphatic carbocycles. The van der Waals surface area contributed by atoms with Crippen LogP contribution in [0.1, 0.15) is 56.1 Å². The third kappa shape index (κ3) is 6.49. The minimum absolute atomic E-state index is 0.391. The highest BCUT2D eigenvalue weighted by Crippen LogP contribution is 2.08. The van der Waals surface area contributed by atoms with Crippen LogP contribution in [0.3, 0.4) is 0 Å². The van der Waals surface area contributed by atoms with E-state index in [0.717, 1.165) is 30.6 Å². The molecule has 2 heterocycles. The largest absolute Gasteiger partial charge is 0.354 e. The molecule has 2 aromatic rings. The molecular weight excluding hydrogens is 332 g/mol. The Morgan fingerprint density at radius 1 is 1.36 bits per heavy atom. The van der Waals surface area contributed by atoms with Crippen molar-refractivity contribution in [2.24, 2.45) is 12.0 Å². The number of rotatable bonds is 9. The quantitative estimate of drug-likeness (QED) is 0.408. The molecule has 2 rings (SSSR count). The molecule has 0 bridgehead atoms. The molecule has 0 aromatic carbocycles. The van der Waals surface area contributed by atoms with E-state index in [0.29, 0.717) is 12.6 Å². The van der Waals surface area contributed by atoms with Gasteiger partial charge in [0.25, 0.3) is 0 Å². The number of unbranched alkanes of at least 4 members (excludes halogenated alkanes) is 2. The highest BCUT2D eigenvalue weighted by molar-refractivity contribution is 7.09. The second-order valence-corrected chi connectivity index (χ2v) is 7.39. The van der Waals surface area contributed by atoms with Gasteiger partial charge in [0.1, 0.15) is 12.4 Å². The molecule has 0 spiro atoms. The first-order chi connectivity index (χ1) is 12.1. The molecule has 0 aliphatic rings. The molecule has 6 nitrogen and oxygen atoms in total. The van der Waals surface area contributed by atoms with Crippen molar-refractivity contribution in [2.75, 3.05) is 0 Å². The average Bonchev–Trinajstić information content (AvgIpc) is 3.22. The number of nitrogens with zero attached hydrogens (tertiary/aromatic N) is 4. The summed E-state index contributed by atoms with van der Waals surface area (Å²) in [6, 6.07) is 4.59. The van der Waals surface area contributed by atoms with Crippen LogP contribution in [0.4, 0.5) is 0 Å². The number of hydrogen-bond donors (Lipinski definition) is 2. The number of guanidine groups is 1. The van der Waals surface area contributed by atoms with Gasteiger partial charge in [-0.1, -0.05) is 32.3 Å². The fourth-order valence-corrected chi connectivity index (χ4v) is 3.13. The van der Waals surface area contributed by atoms with Gasteiger partial charge in [0.15, 0.2) is 11.8 Å². The Bertz CT molecular complexity index is 647. The summed E-state index contributed by atoms with van der Waals surface area (Å²) in [5.41, 5.74) is 0. The molecule has 1 atom stereocenters. The van der Waals surface area contributed by atoms with Gasteiger partial charge >= 0.3 is 0 Å². The van der Waals surface area contributed by atoms with Crippen molar-refractivity contribution >= 4 is 17.3 Å². The van der Waals surface area contributed by atoms with Gasteiger partial charge in [-0.3, -0.25) is 0 Å². The van der Waals surface area contributed by atoms with Gasteiger partial charge in [-0.15, -0.1) is 21.5 Å². The highest BCUT2D eigenvalue weighted by Gasteiger charge is 2.08. The average molecular weight is 363 g/mol. The van der Waals surface area contributed by atoms with Gasteiger partial charge in [0, 0.05) is 18.0 Å². The molecule has 0 saturated carbocycles. The third-order valence-electron chi connectivity index (χ3n) is 4.20. The van der Waals surface area contributed by atoms with Crippen LogP contribution in [-0.2, 0) is 20.1 Å². The summed E-state index contributed by atoms with van der Waals surface area (Å²) in [6.45, 7) is 7.69. The van der Waals surface area contributed by atoms with Crippen LogP contribution in [-0.4, -0.2) is 26.8 Å². The number of aromatic nitrogens is 3. The molecule has 0 aliphatic heterocycles. The van der Waals surface area contributed by atoms with Crippen LogP contribution in [0.2, 0.25) is 0 Å². The number of aliphatic imine (C=N–C) groups is 1. The number of nitrogens with one attached hydrogen (secondary N) is 2. The van der Waals surface area contributed by atoms with Crippen molar-refractivity contribution in [1.82, 2.24) is 25.4 Å². The lowest BCUT2D eigenvalue weighted by Gasteiger charge is -2.18. The summed E-state index contributed by atoms with van der Waals surface area (Å²) in [7, 11) is 1.97. The molecule has 7 heteroatoms. The van der Waals surface area contributed by atoms with Gasteiger partial charge in [-0.25, -0.2) is 4.99 Å². The minimum Gasteiger partial charge on any atom is -0.354 e. The van der Waals surface area contributed by atoms with Crippen molar-refractivity contribution in [2.45, 2.75) is 65.6 Å². The fourth-order valence-electron chi connectivity index (χ4n) is 2.48. The molecule has 0 amide bonds. The number of thiophene rings is 1. The van der Waals surface area contributed by atoms with Gasteiger partial charge in [0.2, 0.25) is 0 Å². The maximum atomic E-state index is 4.71. The zero-order valence-electron chi connectivity index (χ0n) is 15.7. The zero-order chi connectivity index (χ0) is 18.1. The molecule has 2 aromatic heterocycles. The zero-order valence-corrected chi connectivity index (χ0v) is 16.6. The van der Waals surface area contributed by atoms with E-state index < -0.39 is 0 Å². The fraction of sp³-hybridized carbons (Fsp3) is 0.611. The summed E-state index contributed by atoms with van der Waals surface area (Å²) in [5.74, 6) is 2.60. The molecule has 25 heavy (non-hydrogen) atoms. The summed E-state index contributed by atoms with van der Waals surface area (Å²) < 4.78 is 1.98. The summed E-state index contributed by atoms with van der Waals surface area (Å²) >= 11 is 1.75. The highest BCUT2D eigenvalue weighted by atomic mass is 32.1. The van der Waals surface area contributed by atoms with E-state index >= 15 is 0 Å².